The number of anilines is 1. The fourth-order valence-corrected chi connectivity index (χ4v) is 2.07. The number of nitrogens with zero attached hydrogens (tertiary/aromatic N) is 2. The Bertz CT molecular complexity index is 633. The van der Waals surface area contributed by atoms with Crippen molar-refractivity contribution in [2.24, 2.45) is 0 Å². The van der Waals surface area contributed by atoms with E-state index in [1.807, 2.05) is 32.0 Å². The number of carbonyl (C=O) groups is 1. The van der Waals surface area contributed by atoms with E-state index in [0.29, 0.717) is 10.8 Å². The van der Waals surface area contributed by atoms with Crippen LogP contribution in [0.4, 0.5) is 5.82 Å². The molecular formula is C15H17ClN4O. The maximum atomic E-state index is 12.2. The number of aromatic nitrogens is 2. The first-order chi connectivity index (χ1) is 10.1. The van der Waals surface area contributed by atoms with Gasteiger partial charge in [-0.1, -0.05) is 23.7 Å². The van der Waals surface area contributed by atoms with Gasteiger partial charge in [0.2, 0.25) is 0 Å². The Balaban J connectivity index is 2.08. The molecule has 1 unspecified atom stereocenters. The van der Waals surface area contributed by atoms with Crippen molar-refractivity contribution in [3.8, 4) is 0 Å². The summed E-state index contributed by atoms with van der Waals surface area (Å²) in [4.78, 5) is 20.4. The molecule has 2 rings (SSSR count). The molecule has 1 aromatic carbocycles. The van der Waals surface area contributed by atoms with Crippen LogP contribution >= 0.6 is 11.6 Å². The third-order valence-corrected chi connectivity index (χ3v) is 3.16. The van der Waals surface area contributed by atoms with Gasteiger partial charge >= 0.3 is 0 Å². The van der Waals surface area contributed by atoms with Crippen molar-refractivity contribution in [3.63, 3.8) is 0 Å². The van der Waals surface area contributed by atoms with Crippen LogP contribution in [0.3, 0.4) is 0 Å². The van der Waals surface area contributed by atoms with E-state index >= 15 is 0 Å². The molecule has 0 saturated heterocycles. The zero-order valence-electron chi connectivity index (χ0n) is 11.9. The fourth-order valence-electron chi connectivity index (χ4n) is 1.87. The Hall–Kier alpha value is -2.14. The second kappa shape index (κ2) is 7.04. The Morgan fingerprint density at radius 3 is 2.90 bits per heavy atom. The summed E-state index contributed by atoms with van der Waals surface area (Å²) in [5.74, 6) is 0.315. The highest BCUT2D eigenvalue weighted by Crippen LogP contribution is 2.17. The standard InChI is InChI=1S/C15H17ClN4O/c1-3-18-14-9-17-8-13(20-14)15(21)19-10(2)11-5-4-6-12(16)7-11/h4-10H,3H2,1-2H3,(H,18,20)(H,19,21). The number of carbonyl (C=O) groups excluding carboxylic acids is 1. The molecule has 6 heteroatoms. The number of hydrogen-bond acceptors (Lipinski definition) is 4. The molecular weight excluding hydrogens is 288 g/mol. The number of rotatable bonds is 5. The third kappa shape index (κ3) is 4.16. The Morgan fingerprint density at radius 1 is 1.38 bits per heavy atom. The van der Waals surface area contributed by atoms with Gasteiger partial charge in [0.1, 0.15) is 11.5 Å². The minimum atomic E-state index is -0.269. The van der Waals surface area contributed by atoms with Gasteiger partial charge in [-0.2, -0.15) is 0 Å². The summed E-state index contributed by atoms with van der Waals surface area (Å²) in [5, 5.41) is 6.55. The summed E-state index contributed by atoms with van der Waals surface area (Å²) < 4.78 is 0. The Labute approximate surface area is 128 Å². The molecule has 0 aliphatic carbocycles. The van der Waals surface area contributed by atoms with E-state index in [-0.39, 0.29) is 17.6 Å². The van der Waals surface area contributed by atoms with E-state index < -0.39 is 0 Å². The zero-order chi connectivity index (χ0) is 15.2. The lowest BCUT2D eigenvalue weighted by molar-refractivity contribution is 0.0934. The normalized spacial score (nSPS) is 11.8. The van der Waals surface area contributed by atoms with Gasteiger partial charge in [-0.25, -0.2) is 4.98 Å². The van der Waals surface area contributed by atoms with Crippen LogP contribution in [-0.4, -0.2) is 22.4 Å². The van der Waals surface area contributed by atoms with Crippen molar-refractivity contribution in [1.29, 1.82) is 0 Å². The minimum absolute atomic E-state index is 0.166. The Morgan fingerprint density at radius 2 is 2.19 bits per heavy atom. The predicted molar refractivity (Wildman–Crippen MR) is 83.5 cm³/mol. The molecule has 1 amide bonds. The van der Waals surface area contributed by atoms with Crippen molar-refractivity contribution < 1.29 is 4.79 Å². The monoisotopic (exact) mass is 304 g/mol. The van der Waals surface area contributed by atoms with Gasteiger partial charge in [-0.05, 0) is 31.5 Å². The predicted octanol–water partition coefficient (Wildman–Crippen LogP) is 3.05. The maximum Gasteiger partial charge on any atom is 0.272 e. The molecule has 5 nitrogen and oxygen atoms in total. The average Bonchev–Trinajstić information content (AvgIpc) is 2.48. The van der Waals surface area contributed by atoms with Crippen LogP contribution in [0.5, 0.6) is 0 Å². The van der Waals surface area contributed by atoms with E-state index in [2.05, 4.69) is 20.6 Å². The van der Waals surface area contributed by atoms with Gasteiger partial charge in [0.15, 0.2) is 0 Å². The molecule has 1 heterocycles. The lowest BCUT2D eigenvalue weighted by atomic mass is 10.1. The smallest absolute Gasteiger partial charge is 0.272 e. The van der Waals surface area contributed by atoms with Crippen LogP contribution in [0.2, 0.25) is 5.02 Å². The second-order valence-electron chi connectivity index (χ2n) is 4.57. The fraction of sp³-hybridized carbons (Fsp3) is 0.267. The quantitative estimate of drug-likeness (QED) is 0.891. The topological polar surface area (TPSA) is 66.9 Å². The van der Waals surface area contributed by atoms with Crippen molar-refractivity contribution >= 4 is 23.3 Å². The lowest BCUT2D eigenvalue weighted by Gasteiger charge is -2.14. The highest BCUT2D eigenvalue weighted by molar-refractivity contribution is 6.30. The molecule has 2 aromatic rings. The van der Waals surface area contributed by atoms with Gasteiger partial charge in [0.25, 0.3) is 5.91 Å². The van der Waals surface area contributed by atoms with Crippen LogP contribution in [0.25, 0.3) is 0 Å². The number of hydrogen-bond donors (Lipinski definition) is 2. The number of nitrogens with one attached hydrogen (secondary N) is 2. The van der Waals surface area contributed by atoms with Crippen molar-refractivity contribution in [3.05, 3.63) is 52.9 Å². The second-order valence-corrected chi connectivity index (χ2v) is 5.01. The van der Waals surface area contributed by atoms with Crippen LogP contribution < -0.4 is 10.6 Å². The highest BCUT2D eigenvalue weighted by atomic mass is 35.5. The highest BCUT2D eigenvalue weighted by Gasteiger charge is 2.13. The van der Waals surface area contributed by atoms with E-state index in [4.69, 9.17) is 11.6 Å². The van der Waals surface area contributed by atoms with Crippen LogP contribution in [0.1, 0.15) is 35.9 Å². The molecule has 1 aromatic heterocycles. The summed E-state index contributed by atoms with van der Waals surface area (Å²) in [6.45, 7) is 4.57. The molecule has 0 aliphatic heterocycles. The average molecular weight is 305 g/mol. The first-order valence-corrected chi connectivity index (χ1v) is 7.10. The van der Waals surface area contributed by atoms with Gasteiger partial charge in [-0.3, -0.25) is 9.78 Å². The molecule has 0 bridgehead atoms. The van der Waals surface area contributed by atoms with E-state index in [9.17, 15) is 4.79 Å². The molecule has 0 spiro atoms. The van der Waals surface area contributed by atoms with Gasteiger partial charge in [-0.15, -0.1) is 0 Å². The zero-order valence-corrected chi connectivity index (χ0v) is 12.7. The first kappa shape index (κ1) is 15.3. The van der Waals surface area contributed by atoms with E-state index in [0.717, 1.165) is 12.1 Å². The lowest BCUT2D eigenvalue weighted by Crippen LogP contribution is -2.27. The molecule has 0 fully saturated rings. The third-order valence-electron chi connectivity index (χ3n) is 2.92. The summed E-state index contributed by atoms with van der Waals surface area (Å²) in [5.41, 5.74) is 1.22. The van der Waals surface area contributed by atoms with E-state index in [1.54, 1.807) is 12.3 Å². The molecule has 1 atom stereocenters. The van der Waals surface area contributed by atoms with Gasteiger partial charge in [0, 0.05) is 11.6 Å². The first-order valence-electron chi connectivity index (χ1n) is 6.72. The van der Waals surface area contributed by atoms with Gasteiger partial charge in [0.05, 0.1) is 18.4 Å². The Kier molecular flexibility index (Phi) is 5.11. The number of benzene rings is 1. The summed E-state index contributed by atoms with van der Waals surface area (Å²) >= 11 is 5.95. The summed E-state index contributed by atoms with van der Waals surface area (Å²) in [7, 11) is 0. The molecule has 0 radical (unpaired) electrons. The number of amides is 1. The largest absolute Gasteiger partial charge is 0.369 e. The molecule has 2 N–H and O–H groups in total. The van der Waals surface area contributed by atoms with Crippen LogP contribution in [-0.2, 0) is 0 Å². The molecule has 0 aliphatic rings. The van der Waals surface area contributed by atoms with Gasteiger partial charge < -0.3 is 10.6 Å². The molecule has 21 heavy (non-hydrogen) atoms. The van der Waals surface area contributed by atoms with Crippen molar-refractivity contribution in [2.45, 2.75) is 19.9 Å². The summed E-state index contributed by atoms with van der Waals surface area (Å²) in [6.07, 6.45) is 3.03. The maximum absolute atomic E-state index is 12.2. The van der Waals surface area contributed by atoms with Crippen molar-refractivity contribution in [1.82, 2.24) is 15.3 Å². The molecule has 110 valence electrons. The van der Waals surface area contributed by atoms with Crippen LogP contribution in [0, 0.1) is 0 Å². The van der Waals surface area contributed by atoms with Crippen molar-refractivity contribution in [2.75, 3.05) is 11.9 Å². The summed E-state index contributed by atoms with van der Waals surface area (Å²) in [6, 6.07) is 7.22. The SMILES string of the molecule is CCNc1cncc(C(=O)NC(C)c2cccc(Cl)c2)n1. The van der Waals surface area contributed by atoms with Crippen LogP contribution in [0.15, 0.2) is 36.7 Å². The minimum Gasteiger partial charge on any atom is -0.369 e. The number of halogens is 1. The van der Waals surface area contributed by atoms with E-state index in [1.165, 1.54) is 6.20 Å². The molecule has 0 saturated carbocycles.